The van der Waals surface area contributed by atoms with Crippen molar-refractivity contribution < 1.29 is 9.63 Å². The molecule has 1 rings (SSSR count). The van der Waals surface area contributed by atoms with E-state index in [2.05, 4.69) is 5.32 Å². The molecule has 1 unspecified atom stereocenters. The van der Waals surface area contributed by atoms with Crippen molar-refractivity contribution in [3.8, 4) is 0 Å². The van der Waals surface area contributed by atoms with Gasteiger partial charge >= 0.3 is 0 Å². The van der Waals surface area contributed by atoms with E-state index in [0.29, 0.717) is 0 Å². The predicted molar refractivity (Wildman–Crippen MR) is 53.3 cm³/mol. The summed E-state index contributed by atoms with van der Waals surface area (Å²) in [5.74, 6) is 0.140. The lowest BCUT2D eigenvalue weighted by molar-refractivity contribution is -0.171. The van der Waals surface area contributed by atoms with Crippen LogP contribution in [0.25, 0.3) is 0 Å². The fourth-order valence-corrected chi connectivity index (χ4v) is 1.70. The molecule has 1 heterocycles. The van der Waals surface area contributed by atoms with Crippen molar-refractivity contribution >= 4 is 5.91 Å². The number of nitrogens with two attached hydrogens (primary N) is 1. The molecule has 0 spiro atoms. The van der Waals surface area contributed by atoms with Gasteiger partial charge in [0, 0.05) is 7.05 Å². The van der Waals surface area contributed by atoms with E-state index in [9.17, 15) is 4.79 Å². The van der Waals surface area contributed by atoms with Gasteiger partial charge in [0.15, 0.2) is 0 Å². The molecule has 14 heavy (non-hydrogen) atoms. The molecule has 1 atom stereocenters. The highest BCUT2D eigenvalue weighted by atomic mass is 16.7. The molecule has 0 aromatic carbocycles. The molecule has 1 amide bonds. The van der Waals surface area contributed by atoms with E-state index in [0.717, 1.165) is 25.9 Å². The molecule has 0 aromatic heterocycles. The first kappa shape index (κ1) is 11.4. The van der Waals surface area contributed by atoms with E-state index in [1.807, 2.05) is 0 Å². The standard InChI is InChI=1S/C9H19N3O2/c1-12(14-2)9(13)8(10)7-3-5-11-6-4-7/h7-8,11H,3-6,10H2,1-2H3. The molecule has 1 saturated heterocycles. The fourth-order valence-electron chi connectivity index (χ4n) is 1.70. The SMILES string of the molecule is CON(C)C(=O)C(N)C1CCNCC1. The maximum absolute atomic E-state index is 11.6. The number of hydroxylamine groups is 2. The molecule has 0 radical (unpaired) electrons. The Labute approximate surface area is 84.5 Å². The molecule has 0 bridgehead atoms. The number of carbonyl (C=O) groups excluding carboxylic acids is 1. The summed E-state index contributed by atoms with van der Waals surface area (Å²) in [7, 11) is 3.05. The van der Waals surface area contributed by atoms with Crippen LogP contribution in [0.15, 0.2) is 0 Å². The highest BCUT2D eigenvalue weighted by Gasteiger charge is 2.28. The van der Waals surface area contributed by atoms with Crippen LogP contribution in [0.4, 0.5) is 0 Å². The molecule has 1 fully saturated rings. The van der Waals surface area contributed by atoms with Crippen LogP contribution in [-0.2, 0) is 9.63 Å². The lowest BCUT2D eigenvalue weighted by Crippen LogP contribution is -2.48. The fraction of sp³-hybridized carbons (Fsp3) is 0.889. The van der Waals surface area contributed by atoms with Gasteiger partial charge in [-0.1, -0.05) is 0 Å². The molecule has 0 aliphatic carbocycles. The van der Waals surface area contributed by atoms with Crippen molar-refractivity contribution in [1.82, 2.24) is 10.4 Å². The van der Waals surface area contributed by atoms with Crippen molar-refractivity contribution in [1.29, 1.82) is 0 Å². The molecule has 5 nitrogen and oxygen atoms in total. The van der Waals surface area contributed by atoms with Crippen LogP contribution in [0.5, 0.6) is 0 Å². The van der Waals surface area contributed by atoms with Gasteiger partial charge in [-0.05, 0) is 31.8 Å². The van der Waals surface area contributed by atoms with Crippen LogP contribution < -0.4 is 11.1 Å². The Bertz CT molecular complexity index is 192. The molecule has 0 saturated carbocycles. The van der Waals surface area contributed by atoms with Crippen LogP contribution >= 0.6 is 0 Å². The molecular formula is C9H19N3O2. The quantitative estimate of drug-likeness (QED) is 0.594. The zero-order valence-corrected chi connectivity index (χ0v) is 8.82. The van der Waals surface area contributed by atoms with E-state index in [1.54, 1.807) is 7.05 Å². The van der Waals surface area contributed by atoms with Gasteiger partial charge in [0.2, 0.25) is 0 Å². The van der Waals surface area contributed by atoms with Crippen LogP contribution in [-0.4, -0.2) is 44.3 Å². The Hall–Kier alpha value is -0.650. The first-order valence-corrected chi connectivity index (χ1v) is 4.94. The molecule has 0 aromatic rings. The van der Waals surface area contributed by atoms with Crippen LogP contribution in [0, 0.1) is 5.92 Å². The van der Waals surface area contributed by atoms with Crippen molar-refractivity contribution in [2.45, 2.75) is 18.9 Å². The Morgan fingerprint density at radius 3 is 2.64 bits per heavy atom. The summed E-state index contributed by atoms with van der Waals surface area (Å²) in [5, 5.41) is 4.44. The van der Waals surface area contributed by atoms with E-state index >= 15 is 0 Å². The van der Waals surface area contributed by atoms with E-state index in [-0.39, 0.29) is 11.8 Å². The van der Waals surface area contributed by atoms with Gasteiger partial charge in [0.25, 0.3) is 5.91 Å². The predicted octanol–water partition coefficient (Wildman–Crippen LogP) is -0.667. The highest BCUT2D eigenvalue weighted by Crippen LogP contribution is 2.16. The molecule has 1 aliphatic rings. The van der Waals surface area contributed by atoms with Gasteiger partial charge in [-0.25, -0.2) is 5.06 Å². The topological polar surface area (TPSA) is 67.6 Å². The van der Waals surface area contributed by atoms with Crippen molar-refractivity contribution in [2.24, 2.45) is 11.7 Å². The number of nitrogens with zero attached hydrogens (tertiary/aromatic N) is 1. The highest BCUT2D eigenvalue weighted by molar-refractivity contribution is 5.80. The lowest BCUT2D eigenvalue weighted by Gasteiger charge is -2.29. The third-order valence-electron chi connectivity index (χ3n) is 2.76. The molecule has 1 aliphatic heterocycles. The third kappa shape index (κ3) is 2.67. The van der Waals surface area contributed by atoms with Gasteiger partial charge in [-0.3, -0.25) is 9.63 Å². The van der Waals surface area contributed by atoms with E-state index in [4.69, 9.17) is 10.6 Å². The number of rotatable bonds is 3. The number of piperidine rings is 1. The maximum Gasteiger partial charge on any atom is 0.263 e. The Kier molecular flexibility index (Phi) is 4.31. The summed E-state index contributed by atoms with van der Waals surface area (Å²) in [5.41, 5.74) is 5.87. The summed E-state index contributed by atoms with van der Waals surface area (Å²) < 4.78 is 0. The first-order valence-electron chi connectivity index (χ1n) is 4.94. The summed E-state index contributed by atoms with van der Waals surface area (Å²) in [6.07, 6.45) is 1.93. The minimum atomic E-state index is -0.429. The normalized spacial score (nSPS) is 20.5. The zero-order chi connectivity index (χ0) is 10.6. The maximum atomic E-state index is 11.6. The molecular weight excluding hydrogens is 182 g/mol. The minimum Gasteiger partial charge on any atom is -0.320 e. The summed E-state index contributed by atoms with van der Waals surface area (Å²) >= 11 is 0. The van der Waals surface area contributed by atoms with Gasteiger partial charge < -0.3 is 11.1 Å². The number of hydrogen-bond acceptors (Lipinski definition) is 4. The number of amides is 1. The summed E-state index contributed by atoms with van der Waals surface area (Å²) in [6.45, 7) is 1.89. The largest absolute Gasteiger partial charge is 0.320 e. The number of likely N-dealkylation sites (N-methyl/N-ethyl adjacent to an activating group) is 1. The Morgan fingerprint density at radius 2 is 2.14 bits per heavy atom. The van der Waals surface area contributed by atoms with Gasteiger partial charge in [-0.15, -0.1) is 0 Å². The summed E-state index contributed by atoms with van der Waals surface area (Å²) in [6, 6.07) is -0.429. The van der Waals surface area contributed by atoms with Gasteiger partial charge in [-0.2, -0.15) is 0 Å². The monoisotopic (exact) mass is 201 g/mol. The van der Waals surface area contributed by atoms with Crippen molar-refractivity contribution in [3.05, 3.63) is 0 Å². The van der Waals surface area contributed by atoms with Gasteiger partial charge in [0.05, 0.1) is 13.2 Å². The second-order valence-corrected chi connectivity index (χ2v) is 3.63. The van der Waals surface area contributed by atoms with E-state index in [1.165, 1.54) is 12.2 Å². The van der Waals surface area contributed by atoms with Crippen LogP contribution in [0.1, 0.15) is 12.8 Å². The smallest absolute Gasteiger partial charge is 0.263 e. The average molecular weight is 201 g/mol. The summed E-state index contributed by atoms with van der Waals surface area (Å²) in [4.78, 5) is 16.4. The minimum absolute atomic E-state index is 0.139. The molecule has 82 valence electrons. The molecule has 5 heteroatoms. The molecule has 3 N–H and O–H groups in total. The zero-order valence-electron chi connectivity index (χ0n) is 8.82. The number of hydrogen-bond donors (Lipinski definition) is 2. The van der Waals surface area contributed by atoms with Crippen molar-refractivity contribution in [3.63, 3.8) is 0 Å². The Balaban J connectivity index is 2.45. The van der Waals surface area contributed by atoms with E-state index < -0.39 is 6.04 Å². The number of nitrogens with one attached hydrogen (secondary N) is 1. The second kappa shape index (κ2) is 5.29. The lowest BCUT2D eigenvalue weighted by atomic mass is 9.90. The first-order chi connectivity index (χ1) is 6.66. The van der Waals surface area contributed by atoms with Crippen LogP contribution in [0.2, 0.25) is 0 Å². The third-order valence-corrected chi connectivity index (χ3v) is 2.76. The average Bonchev–Trinajstić information content (AvgIpc) is 2.27. The Morgan fingerprint density at radius 1 is 1.57 bits per heavy atom. The van der Waals surface area contributed by atoms with Crippen molar-refractivity contribution in [2.75, 3.05) is 27.2 Å². The number of carbonyl (C=O) groups is 1. The second-order valence-electron chi connectivity index (χ2n) is 3.63. The van der Waals surface area contributed by atoms with Crippen LogP contribution in [0.3, 0.4) is 0 Å². The van der Waals surface area contributed by atoms with Gasteiger partial charge in [0.1, 0.15) is 0 Å².